The molecule has 2 aromatic carbocycles. The highest BCUT2D eigenvalue weighted by atomic mass is 19.1. The van der Waals surface area contributed by atoms with Crippen molar-refractivity contribution in [1.82, 2.24) is 10.2 Å². The van der Waals surface area contributed by atoms with E-state index in [0.29, 0.717) is 23.7 Å². The van der Waals surface area contributed by atoms with Gasteiger partial charge in [0.15, 0.2) is 5.75 Å². The van der Waals surface area contributed by atoms with E-state index in [0.717, 1.165) is 32.8 Å². The zero-order chi connectivity index (χ0) is 18.2. The molecule has 6 nitrogen and oxygen atoms in total. The lowest BCUT2D eigenvalue weighted by Crippen LogP contribution is -2.42. The van der Waals surface area contributed by atoms with Crippen molar-refractivity contribution in [2.45, 2.75) is 0 Å². The summed E-state index contributed by atoms with van der Waals surface area (Å²) in [6.45, 7) is 4.55. The first-order valence-electron chi connectivity index (χ1n) is 8.58. The van der Waals surface area contributed by atoms with Crippen LogP contribution in [0.25, 0.3) is 0 Å². The molecule has 1 saturated heterocycles. The SMILES string of the molecule is O=C(NCCN1CCOCC1)Nc1ccccc1Oc1cccc(F)c1. The minimum absolute atomic E-state index is 0.312. The second-order valence-electron chi connectivity index (χ2n) is 5.89. The summed E-state index contributed by atoms with van der Waals surface area (Å²) in [4.78, 5) is 14.4. The predicted octanol–water partition coefficient (Wildman–Crippen LogP) is 3.07. The van der Waals surface area contributed by atoms with E-state index in [1.807, 2.05) is 0 Å². The summed E-state index contributed by atoms with van der Waals surface area (Å²) < 4.78 is 24.3. The summed E-state index contributed by atoms with van der Waals surface area (Å²) >= 11 is 0. The van der Waals surface area contributed by atoms with Crippen LogP contribution in [0.4, 0.5) is 14.9 Å². The Morgan fingerprint density at radius 3 is 2.77 bits per heavy atom. The van der Waals surface area contributed by atoms with Gasteiger partial charge in [0.05, 0.1) is 18.9 Å². The topological polar surface area (TPSA) is 62.8 Å². The van der Waals surface area contributed by atoms with Gasteiger partial charge in [0, 0.05) is 32.2 Å². The third-order valence-corrected chi connectivity index (χ3v) is 3.98. The van der Waals surface area contributed by atoms with E-state index in [4.69, 9.17) is 9.47 Å². The molecule has 1 aliphatic rings. The van der Waals surface area contributed by atoms with Gasteiger partial charge >= 0.3 is 6.03 Å². The zero-order valence-electron chi connectivity index (χ0n) is 14.4. The molecule has 26 heavy (non-hydrogen) atoms. The largest absolute Gasteiger partial charge is 0.455 e. The van der Waals surface area contributed by atoms with Crippen molar-refractivity contribution < 1.29 is 18.7 Å². The first-order valence-corrected chi connectivity index (χ1v) is 8.58. The molecule has 1 fully saturated rings. The van der Waals surface area contributed by atoms with Crippen molar-refractivity contribution in [3.63, 3.8) is 0 Å². The molecule has 0 spiro atoms. The molecule has 3 rings (SSSR count). The fraction of sp³-hybridized carbons (Fsp3) is 0.316. The number of hydrogen-bond acceptors (Lipinski definition) is 4. The highest BCUT2D eigenvalue weighted by molar-refractivity contribution is 5.90. The lowest BCUT2D eigenvalue weighted by atomic mass is 10.3. The second kappa shape index (κ2) is 9.17. The van der Waals surface area contributed by atoms with Gasteiger partial charge < -0.3 is 20.1 Å². The number of benzene rings is 2. The predicted molar refractivity (Wildman–Crippen MR) is 97.2 cm³/mol. The summed E-state index contributed by atoms with van der Waals surface area (Å²) in [5.41, 5.74) is 0.514. The normalized spacial score (nSPS) is 14.7. The van der Waals surface area contributed by atoms with E-state index in [-0.39, 0.29) is 11.8 Å². The highest BCUT2D eigenvalue weighted by Crippen LogP contribution is 2.29. The maximum Gasteiger partial charge on any atom is 0.319 e. The first-order chi connectivity index (χ1) is 12.7. The molecule has 0 saturated carbocycles. The van der Waals surface area contributed by atoms with Crippen molar-refractivity contribution in [3.8, 4) is 11.5 Å². The van der Waals surface area contributed by atoms with Gasteiger partial charge in [0.25, 0.3) is 0 Å². The molecule has 0 atom stereocenters. The molecular weight excluding hydrogens is 337 g/mol. The van der Waals surface area contributed by atoms with E-state index >= 15 is 0 Å². The third-order valence-electron chi connectivity index (χ3n) is 3.98. The third kappa shape index (κ3) is 5.44. The van der Waals surface area contributed by atoms with Crippen LogP contribution >= 0.6 is 0 Å². The average molecular weight is 359 g/mol. The van der Waals surface area contributed by atoms with Crippen molar-refractivity contribution in [2.75, 3.05) is 44.7 Å². The minimum Gasteiger partial charge on any atom is -0.455 e. The lowest BCUT2D eigenvalue weighted by Gasteiger charge is -2.26. The van der Waals surface area contributed by atoms with Crippen LogP contribution in [0.2, 0.25) is 0 Å². The number of ether oxygens (including phenoxy) is 2. The zero-order valence-corrected chi connectivity index (χ0v) is 14.4. The number of rotatable bonds is 6. The molecule has 1 heterocycles. The summed E-state index contributed by atoms with van der Waals surface area (Å²) in [5.74, 6) is 0.433. The number of nitrogens with one attached hydrogen (secondary N) is 2. The van der Waals surface area contributed by atoms with Crippen LogP contribution < -0.4 is 15.4 Å². The average Bonchev–Trinajstić information content (AvgIpc) is 2.64. The van der Waals surface area contributed by atoms with Crippen molar-refractivity contribution in [1.29, 1.82) is 0 Å². The second-order valence-corrected chi connectivity index (χ2v) is 5.89. The molecule has 0 aromatic heterocycles. The Morgan fingerprint density at radius 2 is 1.96 bits per heavy atom. The van der Waals surface area contributed by atoms with E-state index < -0.39 is 0 Å². The molecule has 0 radical (unpaired) electrons. The fourth-order valence-electron chi connectivity index (χ4n) is 2.64. The maximum absolute atomic E-state index is 13.3. The molecule has 1 aliphatic heterocycles. The van der Waals surface area contributed by atoms with Gasteiger partial charge in [0.2, 0.25) is 0 Å². The highest BCUT2D eigenvalue weighted by Gasteiger charge is 2.11. The van der Waals surface area contributed by atoms with Gasteiger partial charge in [0.1, 0.15) is 11.6 Å². The summed E-state index contributed by atoms with van der Waals surface area (Å²) in [5, 5.41) is 5.60. The van der Waals surface area contributed by atoms with Crippen molar-refractivity contribution in [2.24, 2.45) is 0 Å². The number of carbonyl (C=O) groups excluding carboxylic acids is 1. The molecule has 2 amide bonds. The first kappa shape index (κ1) is 18.2. The number of urea groups is 1. The Balaban J connectivity index is 1.53. The number of nitrogens with zero attached hydrogens (tertiary/aromatic N) is 1. The smallest absolute Gasteiger partial charge is 0.319 e. The molecule has 0 aliphatic carbocycles. The molecule has 0 unspecified atom stereocenters. The Kier molecular flexibility index (Phi) is 6.40. The molecular formula is C19H22FN3O3. The standard InChI is InChI=1S/C19H22FN3O3/c20-15-4-3-5-16(14-15)26-18-7-2-1-6-17(18)22-19(24)21-8-9-23-10-12-25-13-11-23/h1-7,14H,8-13H2,(H2,21,22,24). The van der Waals surface area contributed by atoms with Crippen molar-refractivity contribution >= 4 is 11.7 Å². The van der Waals surface area contributed by atoms with Crippen LogP contribution in [0.1, 0.15) is 0 Å². The molecule has 7 heteroatoms. The number of para-hydroxylation sites is 2. The van der Waals surface area contributed by atoms with Gasteiger partial charge in [-0.1, -0.05) is 18.2 Å². The quantitative estimate of drug-likeness (QED) is 0.832. The van der Waals surface area contributed by atoms with Crippen molar-refractivity contribution in [3.05, 3.63) is 54.3 Å². The van der Waals surface area contributed by atoms with Crippen LogP contribution in [-0.4, -0.2) is 50.3 Å². The van der Waals surface area contributed by atoms with Gasteiger partial charge in [-0.2, -0.15) is 0 Å². The van der Waals surface area contributed by atoms with E-state index in [2.05, 4.69) is 15.5 Å². The number of halogens is 1. The van der Waals surface area contributed by atoms with E-state index in [9.17, 15) is 9.18 Å². The van der Waals surface area contributed by atoms with Gasteiger partial charge in [-0.3, -0.25) is 4.90 Å². The number of anilines is 1. The Morgan fingerprint density at radius 1 is 1.15 bits per heavy atom. The number of amides is 2. The summed E-state index contributed by atoms with van der Waals surface area (Å²) in [6.07, 6.45) is 0. The summed E-state index contributed by atoms with van der Waals surface area (Å²) in [6, 6.07) is 12.6. The van der Waals surface area contributed by atoms with E-state index in [1.165, 1.54) is 12.1 Å². The molecule has 2 aromatic rings. The van der Waals surface area contributed by atoms with Crippen LogP contribution in [0.3, 0.4) is 0 Å². The Hall–Kier alpha value is -2.64. The van der Waals surface area contributed by atoms with Gasteiger partial charge in [-0.15, -0.1) is 0 Å². The molecule has 138 valence electrons. The number of morpholine rings is 1. The van der Waals surface area contributed by atoms with Crippen LogP contribution in [-0.2, 0) is 4.74 Å². The summed E-state index contributed by atoms with van der Waals surface area (Å²) in [7, 11) is 0. The van der Waals surface area contributed by atoms with E-state index in [1.54, 1.807) is 36.4 Å². The Labute approximate surface area is 151 Å². The Bertz CT molecular complexity index is 735. The van der Waals surface area contributed by atoms with Crippen LogP contribution in [0, 0.1) is 5.82 Å². The van der Waals surface area contributed by atoms with Gasteiger partial charge in [-0.25, -0.2) is 9.18 Å². The number of hydrogen-bond donors (Lipinski definition) is 2. The fourth-order valence-corrected chi connectivity index (χ4v) is 2.64. The maximum atomic E-state index is 13.3. The minimum atomic E-state index is -0.381. The molecule has 0 bridgehead atoms. The lowest BCUT2D eigenvalue weighted by molar-refractivity contribution is 0.0388. The number of carbonyl (C=O) groups is 1. The molecule has 2 N–H and O–H groups in total. The van der Waals surface area contributed by atoms with Gasteiger partial charge in [-0.05, 0) is 24.3 Å². The van der Waals surface area contributed by atoms with Crippen LogP contribution in [0.15, 0.2) is 48.5 Å². The van der Waals surface area contributed by atoms with Crippen LogP contribution in [0.5, 0.6) is 11.5 Å². The monoisotopic (exact) mass is 359 g/mol.